The Morgan fingerprint density at radius 3 is 2.00 bits per heavy atom. The van der Waals surface area contributed by atoms with Crippen LogP contribution in [-0.2, 0) is 16.2 Å². The third-order valence-corrected chi connectivity index (χ3v) is 3.31. The predicted molar refractivity (Wildman–Crippen MR) is 71.1 cm³/mol. The summed E-state index contributed by atoms with van der Waals surface area (Å²) in [4.78, 5) is 0. The topological polar surface area (TPSA) is 9.23 Å². The molecule has 2 aromatic carbocycles. The van der Waals surface area contributed by atoms with Gasteiger partial charge in [0.25, 0.3) is 0 Å². The number of halogens is 1. The van der Waals surface area contributed by atoms with E-state index in [1.165, 1.54) is 0 Å². The van der Waals surface area contributed by atoms with E-state index in [1.54, 1.807) is 7.11 Å². The average molecular weight is 247 g/mol. The van der Waals surface area contributed by atoms with Crippen LogP contribution in [0.25, 0.3) is 0 Å². The third kappa shape index (κ3) is 2.87. The van der Waals surface area contributed by atoms with E-state index in [4.69, 9.17) is 16.3 Å². The van der Waals surface area contributed by atoms with Gasteiger partial charge in [-0.1, -0.05) is 72.3 Å². The lowest BCUT2D eigenvalue weighted by atomic mass is 10.0. The van der Waals surface area contributed by atoms with Gasteiger partial charge >= 0.3 is 0 Å². The van der Waals surface area contributed by atoms with E-state index in [9.17, 15) is 0 Å². The number of alkyl halides is 1. The van der Waals surface area contributed by atoms with Gasteiger partial charge < -0.3 is 4.74 Å². The minimum absolute atomic E-state index is 0.649. The molecule has 88 valence electrons. The first-order valence-corrected chi connectivity index (χ1v) is 5.96. The normalized spacial score (nSPS) is 14.2. The van der Waals surface area contributed by atoms with Gasteiger partial charge in [-0.25, -0.2) is 0 Å². The maximum atomic E-state index is 6.56. The van der Waals surface area contributed by atoms with Crippen molar-refractivity contribution in [1.29, 1.82) is 0 Å². The van der Waals surface area contributed by atoms with Crippen LogP contribution in [0.4, 0.5) is 0 Å². The zero-order valence-corrected chi connectivity index (χ0v) is 10.5. The lowest BCUT2D eigenvalue weighted by Gasteiger charge is -2.26. The Morgan fingerprint density at radius 2 is 1.47 bits per heavy atom. The number of benzene rings is 2. The van der Waals surface area contributed by atoms with E-state index in [-0.39, 0.29) is 0 Å². The number of hydrogen-bond acceptors (Lipinski definition) is 1. The lowest BCUT2D eigenvalue weighted by molar-refractivity contribution is 0.0620. The van der Waals surface area contributed by atoms with E-state index < -0.39 is 5.06 Å². The standard InChI is InChI=1S/C15H15ClO/c1-17-15(16,14-10-6-3-7-11-14)12-13-8-4-2-5-9-13/h2-11H,12H2,1H3. The summed E-state index contributed by atoms with van der Waals surface area (Å²) in [5.41, 5.74) is 2.14. The van der Waals surface area contributed by atoms with Crippen LogP contribution in [0.3, 0.4) is 0 Å². The summed E-state index contributed by atoms with van der Waals surface area (Å²) < 4.78 is 5.49. The molecule has 0 aliphatic carbocycles. The van der Waals surface area contributed by atoms with Gasteiger partial charge in [-0.3, -0.25) is 0 Å². The summed E-state index contributed by atoms with van der Waals surface area (Å²) in [6, 6.07) is 20.0. The van der Waals surface area contributed by atoms with Gasteiger partial charge in [-0.2, -0.15) is 0 Å². The summed E-state index contributed by atoms with van der Waals surface area (Å²) in [5, 5.41) is -0.789. The minimum Gasteiger partial charge on any atom is -0.358 e. The molecular weight excluding hydrogens is 232 g/mol. The van der Waals surface area contributed by atoms with Gasteiger partial charge in [0.1, 0.15) is 0 Å². The number of hydrogen-bond donors (Lipinski definition) is 0. The molecule has 0 N–H and O–H groups in total. The maximum absolute atomic E-state index is 6.56. The molecule has 0 saturated carbocycles. The van der Waals surface area contributed by atoms with Crippen LogP contribution < -0.4 is 0 Å². The highest BCUT2D eigenvalue weighted by Gasteiger charge is 2.29. The second kappa shape index (κ2) is 5.35. The molecule has 0 radical (unpaired) electrons. The van der Waals surface area contributed by atoms with Crippen LogP contribution in [0.2, 0.25) is 0 Å². The minimum atomic E-state index is -0.789. The molecule has 0 aromatic heterocycles. The predicted octanol–water partition coefficient (Wildman–Crippen LogP) is 3.97. The largest absolute Gasteiger partial charge is 0.358 e. The summed E-state index contributed by atoms with van der Waals surface area (Å²) in [5.74, 6) is 0. The molecule has 0 fully saturated rings. The van der Waals surface area contributed by atoms with E-state index in [1.807, 2.05) is 48.5 Å². The second-order valence-electron chi connectivity index (χ2n) is 3.96. The molecule has 0 bridgehead atoms. The van der Waals surface area contributed by atoms with Crippen molar-refractivity contribution in [2.24, 2.45) is 0 Å². The molecule has 0 heterocycles. The van der Waals surface area contributed by atoms with Crippen LogP contribution in [0.1, 0.15) is 11.1 Å². The van der Waals surface area contributed by atoms with E-state index in [0.29, 0.717) is 6.42 Å². The van der Waals surface area contributed by atoms with Crippen molar-refractivity contribution in [3.63, 3.8) is 0 Å². The zero-order chi connectivity index (χ0) is 12.1. The van der Waals surface area contributed by atoms with Crippen molar-refractivity contribution in [2.75, 3.05) is 7.11 Å². The van der Waals surface area contributed by atoms with Crippen molar-refractivity contribution < 1.29 is 4.74 Å². The van der Waals surface area contributed by atoms with Crippen molar-refractivity contribution in [3.8, 4) is 0 Å². The van der Waals surface area contributed by atoms with Gasteiger partial charge in [0.2, 0.25) is 0 Å². The number of ether oxygens (including phenoxy) is 1. The van der Waals surface area contributed by atoms with E-state index in [2.05, 4.69) is 12.1 Å². The quantitative estimate of drug-likeness (QED) is 0.742. The summed E-state index contributed by atoms with van der Waals surface area (Å²) in [6.45, 7) is 0. The Balaban J connectivity index is 2.27. The Bertz CT molecular complexity index is 455. The molecule has 0 saturated heterocycles. The molecule has 1 nitrogen and oxygen atoms in total. The molecule has 0 amide bonds. The monoisotopic (exact) mass is 246 g/mol. The maximum Gasteiger partial charge on any atom is 0.170 e. The zero-order valence-electron chi connectivity index (χ0n) is 9.77. The molecule has 0 spiro atoms. The summed E-state index contributed by atoms with van der Waals surface area (Å²) >= 11 is 6.56. The molecule has 1 unspecified atom stereocenters. The highest BCUT2D eigenvalue weighted by Crippen LogP contribution is 2.33. The second-order valence-corrected chi connectivity index (χ2v) is 4.57. The van der Waals surface area contributed by atoms with Crippen molar-refractivity contribution in [1.82, 2.24) is 0 Å². The fourth-order valence-electron chi connectivity index (χ4n) is 1.84. The van der Waals surface area contributed by atoms with E-state index >= 15 is 0 Å². The van der Waals surface area contributed by atoms with Gasteiger partial charge in [0, 0.05) is 13.5 Å². The molecule has 2 heteroatoms. The summed E-state index contributed by atoms with van der Waals surface area (Å²) in [7, 11) is 1.64. The van der Waals surface area contributed by atoms with Gasteiger partial charge in [-0.15, -0.1) is 0 Å². The Morgan fingerprint density at radius 1 is 0.941 bits per heavy atom. The van der Waals surface area contributed by atoms with Gasteiger partial charge in [0.15, 0.2) is 5.06 Å². The molecule has 2 rings (SSSR count). The van der Waals surface area contributed by atoms with Gasteiger partial charge in [-0.05, 0) is 11.1 Å². The van der Waals surface area contributed by atoms with Crippen LogP contribution in [-0.4, -0.2) is 7.11 Å². The van der Waals surface area contributed by atoms with Gasteiger partial charge in [0.05, 0.1) is 0 Å². The molecule has 0 aliphatic heterocycles. The first-order chi connectivity index (χ1) is 8.24. The van der Waals surface area contributed by atoms with E-state index in [0.717, 1.165) is 11.1 Å². The molecule has 2 aromatic rings. The smallest absolute Gasteiger partial charge is 0.170 e. The Labute approximate surface area is 107 Å². The number of rotatable bonds is 4. The van der Waals surface area contributed by atoms with Crippen LogP contribution in [0.5, 0.6) is 0 Å². The average Bonchev–Trinajstić information content (AvgIpc) is 2.41. The highest BCUT2D eigenvalue weighted by molar-refractivity contribution is 6.23. The summed E-state index contributed by atoms with van der Waals surface area (Å²) in [6.07, 6.45) is 0.649. The fraction of sp³-hybridized carbons (Fsp3) is 0.200. The molecule has 17 heavy (non-hydrogen) atoms. The Kier molecular flexibility index (Phi) is 3.82. The Hall–Kier alpha value is -1.31. The van der Waals surface area contributed by atoms with Crippen LogP contribution in [0.15, 0.2) is 60.7 Å². The van der Waals surface area contributed by atoms with Crippen LogP contribution >= 0.6 is 11.6 Å². The lowest BCUT2D eigenvalue weighted by Crippen LogP contribution is -2.24. The fourth-order valence-corrected chi connectivity index (χ4v) is 2.12. The molecular formula is C15H15ClO. The molecule has 1 atom stereocenters. The first-order valence-electron chi connectivity index (χ1n) is 5.58. The van der Waals surface area contributed by atoms with Crippen molar-refractivity contribution >= 4 is 11.6 Å². The van der Waals surface area contributed by atoms with Crippen LogP contribution in [0, 0.1) is 0 Å². The number of methoxy groups -OCH3 is 1. The van der Waals surface area contributed by atoms with Crippen molar-refractivity contribution in [2.45, 2.75) is 11.5 Å². The molecule has 0 aliphatic rings. The highest BCUT2D eigenvalue weighted by atomic mass is 35.5. The SMILES string of the molecule is COC(Cl)(Cc1ccccc1)c1ccccc1. The third-order valence-electron chi connectivity index (χ3n) is 2.80. The first kappa shape index (κ1) is 12.2. The van der Waals surface area contributed by atoms with Crippen molar-refractivity contribution in [3.05, 3.63) is 71.8 Å².